The van der Waals surface area contributed by atoms with Crippen molar-refractivity contribution in [2.24, 2.45) is 0 Å². The summed E-state index contributed by atoms with van der Waals surface area (Å²) in [4.78, 5) is 22.4. The first-order chi connectivity index (χ1) is 13.4. The van der Waals surface area contributed by atoms with Crippen LogP contribution < -0.4 is 4.72 Å². The normalized spacial score (nSPS) is 15.7. The average Bonchev–Trinajstić information content (AvgIpc) is 3.11. The molecule has 1 aliphatic rings. The van der Waals surface area contributed by atoms with Crippen LogP contribution in [0.15, 0.2) is 48.8 Å². The minimum Gasteiger partial charge on any atom is -0.360 e. The number of aromatic amines is 1. The van der Waals surface area contributed by atoms with E-state index in [0.29, 0.717) is 30.3 Å². The van der Waals surface area contributed by atoms with Crippen LogP contribution in [0.1, 0.15) is 34.7 Å². The Hall–Kier alpha value is -2.87. The molecular formula is C20H22N4O3S. The van der Waals surface area contributed by atoms with Crippen molar-refractivity contribution in [3.05, 3.63) is 59.9 Å². The van der Waals surface area contributed by atoms with Crippen molar-refractivity contribution < 1.29 is 13.2 Å². The molecule has 0 aliphatic carbocycles. The molecule has 1 fully saturated rings. The Morgan fingerprint density at radius 3 is 2.57 bits per heavy atom. The standard InChI is InChI=1S/C20H22N4O3S/c1-28(26,27)23-16-6-4-15(5-7-16)20(25)24-11-8-14(9-12-24)17-13-22-18-3-2-10-21-19(17)18/h2-7,10,13-14,22-23H,8-9,11-12H2,1H3. The molecule has 2 aromatic heterocycles. The molecule has 1 aliphatic heterocycles. The number of pyridine rings is 1. The van der Waals surface area contributed by atoms with Crippen molar-refractivity contribution >= 4 is 32.7 Å². The van der Waals surface area contributed by atoms with Gasteiger partial charge in [0, 0.05) is 36.7 Å². The second kappa shape index (κ2) is 7.27. The van der Waals surface area contributed by atoms with Gasteiger partial charge in [0.15, 0.2) is 0 Å². The number of carbonyl (C=O) groups is 1. The van der Waals surface area contributed by atoms with Gasteiger partial charge in [-0.25, -0.2) is 8.42 Å². The highest BCUT2D eigenvalue weighted by Crippen LogP contribution is 2.32. The van der Waals surface area contributed by atoms with Gasteiger partial charge in [-0.1, -0.05) is 0 Å². The van der Waals surface area contributed by atoms with Crippen molar-refractivity contribution in [1.82, 2.24) is 14.9 Å². The number of aromatic nitrogens is 2. The summed E-state index contributed by atoms with van der Waals surface area (Å²) in [6.07, 6.45) is 6.72. The van der Waals surface area contributed by atoms with Gasteiger partial charge in [0.25, 0.3) is 5.91 Å². The Kier molecular flexibility index (Phi) is 4.80. The summed E-state index contributed by atoms with van der Waals surface area (Å²) in [5.41, 5.74) is 4.29. The Balaban J connectivity index is 1.41. The van der Waals surface area contributed by atoms with Gasteiger partial charge in [0.05, 0.1) is 17.3 Å². The SMILES string of the molecule is CS(=O)(=O)Nc1ccc(C(=O)N2CCC(c3c[nH]c4cccnc34)CC2)cc1. The number of carbonyl (C=O) groups excluding carboxylic acids is 1. The highest BCUT2D eigenvalue weighted by Gasteiger charge is 2.26. The van der Waals surface area contributed by atoms with Gasteiger partial charge in [0.1, 0.15) is 0 Å². The van der Waals surface area contributed by atoms with Crippen LogP contribution in [0, 0.1) is 0 Å². The maximum atomic E-state index is 12.8. The second-order valence-electron chi connectivity index (χ2n) is 7.16. The molecule has 7 nitrogen and oxygen atoms in total. The van der Waals surface area contributed by atoms with Crippen molar-refractivity contribution in [3.8, 4) is 0 Å². The first kappa shape index (κ1) is 18.5. The number of sulfonamides is 1. The lowest BCUT2D eigenvalue weighted by Gasteiger charge is -2.32. The van der Waals surface area contributed by atoms with Crippen LogP contribution in [0.25, 0.3) is 11.0 Å². The molecule has 3 aromatic rings. The van der Waals surface area contributed by atoms with E-state index in [1.165, 1.54) is 5.56 Å². The first-order valence-corrected chi connectivity index (χ1v) is 11.1. The molecule has 28 heavy (non-hydrogen) atoms. The topological polar surface area (TPSA) is 95.2 Å². The Morgan fingerprint density at radius 1 is 1.18 bits per heavy atom. The third-order valence-electron chi connectivity index (χ3n) is 5.12. The summed E-state index contributed by atoms with van der Waals surface area (Å²) in [5.74, 6) is 0.357. The highest BCUT2D eigenvalue weighted by atomic mass is 32.2. The summed E-state index contributed by atoms with van der Waals surface area (Å²) in [6, 6.07) is 10.5. The molecule has 0 atom stereocenters. The van der Waals surface area contributed by atoms with E-state index in [2.05, 4.69) is 14.7 Å². The smallest absolute Gasteiger partial charge is 0.253 e. The van der Waals surface area contributed by atoms with Crippen LogP contribution in [0.2, 0.25) is 0 Å². The van der Waals surface area contributed by atoms with Crippen molar-refractivity contribution in [3.63, 3.8) is 0 Å². The van der Waals surface area contributed by atoms with E-state index < -0.39 is 10.0 Å². The Bertz CT molecular complexity index is 1100. The molecule has 0 spiro atoms. The van der Waals surface area contributed by atoms with Gasteiger partial charge >= 0.3 is 0 Å². The predicted octanol–water partition coefficient (Wildman–Crippen LogP) is 2.95. The summed E-state index contributed by atoms with van der Waals surface area (Å²) in [6.45, 7) is 1.37. The Labute approximate surface area is 163 Å². The molecule has 1 saturated heterocycles. The van der Waals surface area contributed by atoms with E-state index in [1.807, 2.05) is 23.2 Å². The second-order valence-corrected chi connectivity index (χ2v) is 8.91. The highest BCUT2D eigenvalue weighted by molar-refractivity contribution is 7.92. The number of rotatable bonds is 4. The first-order valence-electron chi connectivity index (χ1n) is 9.20. The summed E-state index contributed by atoms with van der Waals surface area (Å²) in [7, 11) is -3.33. The maximum absolute atomic E-state index is 12.8. The van der Waals surface area contributed by atoms with Crippen LogP contribution in [-0.2, 0) is 10.0 Å². The summed E-state index contributed by atoms with van der Waals surface area (Å²) >= 11 is 0. The minimum absolute atomic E-state index is 0.0265. The van der Waals surface area contributed by atoms with Gasteiger partial charge in [0.2, 0.25) is 10.0 Å². The van der Waals surface area contributed by atoms with E-state index in [-0.39, 0.29) is 5.91 Å². The largest absolute Gasteiger partial charge is 0.360 e. The molecule has 2 N–H and O–H groups in total. The van der Waals surface area contributed by atoms with E-state index in [0.717, 1.165) is 30.1 Å². The average molecular weight is 398 g/mol. The number of anilines is 1. The lowest BCUT2D eigenvalue weighted by Crippen LogP contribution is -2.37. The van der Waals surface area contributed by atoms with Crippen LogP contribution in [-0.4, -0.2) is 48.5 Å². The number of benzene rings is 1. The van der Waals surface area contributed by atoms with Gasteiger partial charge in [-0.2, -0.15) is 0 Å². The van der Waals surface area contributed by atoms with Gasteiger partial charge < -0.3 is 9.88 Å². The van der Waals surface area contributed by atoms with Gasteiger partial charge in [-0.05, 0) is 60.7 Å². The fourth-order valence-corrected chi connectivity index (χ4v) is 4.32. The predicted molar refractivity (Wildman–Crippen MR) is 109 cm³/mol. The summed E-state index contributed by atoms with van der Waals surface area (Å²) < 4.78 is 25.0. The number of piperidine rings is 1. The molecule has 1 aromatic carbocycles. The van der Waals surface area contributed by atoms with Crippen LogP contribution >= 0.6 is 0 Å². The molecule has 0 bridgehead atoms. The van der Waals surface area contributed by atoms with E-state index in [4.69, 9.17) is 0 Å². The molecular weight excluding hydrogens is 376 g/mol. The summed E-state index contributed by atoms with van der Waals surface area (Å²) in [5, 5.41) is 0. The van der Waals surface area contributed by atoms with Crippen LogP contribution in [0.5, 0.6) is 0 Å². The number of fused-ring (bicyclic) bond motifs is 1. The number of nitrogens with one attached hydrogen (secondary N) is 2. The fourth-order valence-electron chi connectivity index (χ4n) is 3.76. The number of nitrogens with zero attached hydrogens (tertiary/aromatic N) is 2. The molecule has 3 heterocycles. The third-order valence-corrected chi connectivity index (χ3v) is 5.73. The molecule has 146 valence electrons. The van der Waals surface area contributed by atoms with Crippen molar-refractivity contribution in [1.29, 1.82) is 0 Å². The van der Waals surface area contributed by atoms with E-state index in [9.17, 15) is 13.2 Å². The number of amides is 1. The van der Waals surface area contributed by atoms with Gasteiger partial charge in [-0.15, -0.1) is 0 Å². The van der Waals surface area contributed by atoms with E-state index in [1.54, 1.807) is 30.5 Å². The van der Waals surface area contributed by atoms with Crippen LogP contribution in [0.3, 0.4) is 0 Å². The molecule has 0 unspecified atom stereocenters. The lowest BCUT2D eigenvalue weighted by molar-refractivity contribution is 0.0713. The van der Waals surface area contributed by atoms with Crippen molar-refractivity contribution in [2.45, 2.75) is 18.8 Å². The quantitative estimate of drug-likeness (QED) is 0.706. The third kappa shape index (κ3) is 3.87. The zero-order chi connectivity index (χ0) is 19.7. The molecule has 8 heteroatoms. The molecule has 0 radical (unpaired) electrons. The zero-order valence-corrected chi connectivity index (χ0v) is 16.4. The molecule has 4 rings (SSSR count). The maximum Gasteiger partial charge on any atom is 0.253 e. The lowest BCUT2D eigenvalue weighted by atomic mass is 9.90. The van der Waals surface area contributed by atoms with Crippen molar-refractivity contribution in [2.75, 3.05) is 24.1 Å². The zero-order valence-electron chi connectivity index (χ0n) is 15.6. The minimum atomic E-state index is -3.33. The van der Waals surface area contributed by atoms with E-state index >= 15 is 0 Å². The number of hydrogen-bond donors (Lipinski definition) is 2. The van der Waals surface area contributed by atoms with Crippen LogP contribution in [0.4, 0.5) is 5.69 Å². The number of H-pyrrole nitrogens is 1. The molecule has 1 amide bonds. The Morgan fingerprint density at radius 2 is 1.89 bits per heavy atom. The number of hydrogen-bond acceptors (Lipinski definition) is 4. The monoisotopic (exact) mass is 398 g/mol. The number of likely N-dealkylation sites (tertiary alicyclic amines) is 1. The van der Waals surface area contributed by atoms with Gasteiger partial charge in [-0.3, -0.25) is 14.5 Å². The molecule has 0 saturated carbocycles. The fraction of sp³-hybridized carbons (Fsp3) is 0.300.